The molecule has 1 saturated heterocycles. The molecule has 4 heterocycles. The van der Waals surface area contributed by atoms with Crippen molar-refractivity contribution in [1.82, 2.24) is 9.88 Å². The number of pyridine rings is 1. The second-order valence-electron chi connectivity index (χ2n) is 10.5. The summed E-state index contributed by atoms with van der Waals surface area (Å²) in [5, 5.41) is 24.2. The number of carbonyl (C=O) groups is 1. The molecule has 2 fully saturated rings. The number of anilines is 2. The van der Waals surface area contributed by atoms with E-state index in [4.69, 9.17) is 4.42 Å². The zero-order valence-electron chi connectivity index (χ0n) is 21.5. The Hall–Kier alpha value is -3.75. The molecule has 1 aromatic carbocycles. The molecule has 3 aliphatic rings. The number of aliphatic imine (C=N–C) groups is 1. The summed E-state index contributed by atoms with van der Waals surface area (Å²) in [6, 6.07) is 9.94. The van der Waals surface area contributed by atoms with E-state index in [1.807, 2.05) is 25.1 Å². The molecule has 6 rings (SSSR count). The van der Waals surface area contributed by atoms with Gasteiger partial charge in [0, 0.05) is 54.8 Å². The van der Waals surface area contributed by atoms with Crippen LogP contribution < -0.4 is 5.32 Å². The van der Waals surface area contributed by atoms with Gasteiger partial charge in [0.1, 0.15) is 5.56 Å². The molecule has 2 aliphatic heterocycles. The number of likely N-dealkylation sites (tertiary alicyclic amines) is 1. The Kier molecular flexibility index (Phi) is 6.59. The third-order valence-corrected chi connectivity index (χ3v) is 7.84. The molecule has 8 nitrogen and oxygen atoms in total. The van der Waals surface area contributed by atoms with E-state index in [9.17, 15) is 15.0 Å². The fraction of sp³-hybridized carbons (Fsp3) is 0.367. The molecule has 0 amide bonds. The molecule has 0 radical (unpaired) electrons. The van der Waals surface area contributed by atoms with E-state index in [1.165, 1.54) is 5.56 Å². The fourth-order valence-corrected chi connectivity index (χ4v) is 5.33. The summed E-state index contributed by atoms with van der Waals surface area (Å²) < 4.78 is 6.11. The maximum atomic E-state index is 13.4. The highest BCUT2D eigenvalue weighted by molar-refractivity contribution is 6.21. The molecule has 38 heavy (non-hydrogen) atoms. The van der Waals surface area contributed by atoms with Crippen molar-refractivity contribution in [2.75, 3.05) is 18.4 Å². The number of aliphatic hydroxyl groups excluding tert-OH is 1. The molecular formula is C30H32N4O4. The highest BCUT2D eigenvalue weighted by Crippen LogP contribution is 2.43. The maximum Gasteiger partial charge on any atom is 0.212 e. The largest absolute Gasteiger partial charge is 0.504 e. The molecule has 0 spiro atoms. The quantitative estimate of drug-likeness (QED) is 0.352. The number of ketones is 1. The number of rotatable bonds is 7. The van der Waals surface area contributed by atoms with E-state index >= 15 is 0 Å². The first kappa shape index (κ1) is 24.6. The third-order valence-electron chi connectivity index (χ3n) is 7.84. The third kappa shape index (κ3) is 4.77. The van der Waals surface area contributed by atoms with Gasteiger partial charge in [-0.1, -0.05) is 18.6 Å². The van der Waals surface area contributed by atoms with E-state index in [2.05, 4.69) is 32.3 Å². The molecule has 3 N–H and O–H groups in total. The van der Waals surface area contributed by atoms with Crippen LogP contribution in [0.4, 0.5) is 17.4 Å². The van der Waals surface area contributed by atoms with Crippen LogP contribution in [0.1, 0.15) is 64.9 Å². The van der Waals surface area contributed by atoms with Gasteiger partial charge in [-0.05, 0) is 68.0 Å². The van der Waals surface area contributed by atoms with E-state index in [-0.39, 0.29) is 40.8 Å². The minimum absolute atomic E-state index is 0.0895. The van der Waals surface area contributed by atoms with Gasteiger partial charge in [0.15, 0.2) is 23.1 Å². The van der Waals surface area contributed by atoms with E-state index in [0.717, 1.165) is 74.1 Å². The number of allylic oxidation sites excluding steroid dienone is 1. The highest BCUT2D eigenvalue weighted by atomic mass is 16.4. The lowest BCUT2D eigenvalue weighted by atomic mass is 9.80. The number of aromatic nitrogens is 1. The molecule has 1 saturated carbocycles. The predicted octanol–water partition coefficient (Wildman–Crippen LogP) is 5.63. The average molecular weight is 513 g/mol. The Bertz CT molecular complexity index is 1430. The summed E-state index contributed by atoms with van der Waals surface area (Å²) in [4.78, 5) is 24.3. The van der Waals surface area contributed by atoms with Crippen molar-refractivity contribution < 1.29 is 19.4 Å². The predicted molar refractivity (Wildman–Crippen MR) is 147 cm³/mol. The molecule has 2 aromatic heterocycles. The van der Waals surface area contributed by atoms with Gasteiger partial charge in [-0.25, -0.2) is 9.98 Å². The second-order valence-corrected chi connectivity index (χ2v) is 10.5. The minimum Gasteiger partial charge on any atom is -0.504 e. The highest BCUT2D eigenvalue weighted by Gasteiger charge is 2.34. The number of nitrogens with one attached hydrogen (secondary N) is 1. The van der Waals surface area contributed by atoms with Crippen molar-refractivity contribution in [3.8, 4) is 5.75 Å². The summed E-state index contributed by atoms with van der Waals surface area (Å²) in [5.74, 6) is 0.760. The topological polar surface area (TPSA) is 111 Å². The van der Waals surface area contributed by atoms with E-state index in [0.29, 0.717) is 5.82 Å². The van der Waals surface area contributed by atoms with Gasteiger partial charge in [-0.3, -0.25) is 9.69 Å². The number of hydrogen-bond acceptors (Lipinski definition) is 8. The minimum atomic E-state index is -0.186. The molecule has 8 heteroatoms. The van der Waals surface area contributed by atoms with Gasteiger partial charge >= 0.3 is 0 Å². The molecule has 3 aromatic rings. The Balaban J connectivity index is 1.29. The molecular weight excluding hydrogens is 480 g/mol. The zero-order chi connectivity index (χ0) is 26.2. The Labute approximate surface area is 221 Å². The summed E-state index contributed by atoms with van der Waals surface area (Å²) in [5.41, 5.74) is 4.83. The number of aliphatic hydroxyl groups is 1. The summed E-state index contributed by atoms with van der Waals surface area (Å²) in [6.45, 7) is 4.63. The molecule has 0 unspecified atom stereocenters. The normalized spacial score (nSPS) is 19.1. The van der Waals surface area contributed by atoms with Gasteiger partial charge in [-0.15, -0.1) is 0 Å². The number of aromatic hydroxyl groups is 1. The van der Waals surface area contributed by atoms with Crippen molar-refractivity contribution in [2.45, 2.75) is 51.7 Å². The van der Waals surface area contributed by atoms with Gasteiger partial charge < -0.3 is 19.9 Å². The lowest BCUT2D eigenvalue weighted by molar-refractivity contribution is 0.0792. The van der Waals surface area contributed by atoms with Crippen molar-refractivity contribution in [2.24, 2.45) is 10.9 Å². The Morgan fingerprint density at radius 3 is 2.76 bits per heavy atom. The molecule has 0 atom stereocenters. The van der Waals surface area contributed by atoms with Crippen LogP contribution in [0.3, 0.4) is 0 Å². The first-order chi connectivity index (χ1) is 18.5. The lowest BCUT2D eigenvalue weighted by Crippen LogP contribution is -2.35. The van der Waals surface area contributed by atoms with Gasteiger partial charge in [0.2, 0.25) is 5.88 Å². The fourth-order valence-electron chi connectivity index (χ4n) is 5.33. The SMILES string of the molecule is Cc1cc(CN2CCC(O)CC2)ccc1Nc1oc(C=C2C=Nc3ncccc32)c(O)c1C(=O)C1CCC1. The van der Waals surface area contributed by atoms with Crippen LogP contribution in [0.2, 0.25) is 0 Å². The summed E-state index contributed by atoms with van der Waals surface area (Å²) in [7, 11) is 0. The number of hydrogen-bond donors (Lipinski definition) is 3. The Morgan fingerprint density at radius 2 is 2.03 bits per heavy atom. The smallest absolute Gasteiger partial charge is 0.212 e. The van der Waals surface area contributed by atoms with E-state index in [1.54, 1.807) is 18.5 Å². The standard InChI is InChI=1S/C30H32N4O4/c1-18-14-19(17-34-12-9-22(35)10-13-34)7-8-24(18)33-30-26(27(36)20-4-2-5-20)28(37)25(38-30)15-21-16-32-29-23(21)6-3-11-31-29/h3,6-8,11,14-16,20,22,33,35,37H,2,4-5,9-10,12-13,17H2,1H3. The summed E-state index contributed by atoms with van der Waals surface area (Å²) >= 11 is 0. The monoisotopic (exact) mass is 512 g/mol. The van der Waals surface area contributed by atoms with Gasteiger partial charge in [0.05, 0.1) is 6.10 Å². The number of aryl methyl sites for hydroxylation is 1. The first-order valence-electron chi connectivity index (χ1n) is 13.3. The maximum absolute atomic E-state index is 13.4. The van der Waals surface area contributed by atoms with Crippen molar-refractivity contribution in [3.63, 3.8) is 0 Å². The van der Waals surface area contributed by atoms with Crippen LogP contribution in [-0.4, -0.2) is 51.3 Å². The molecule has 0 bridgehead atoms. The number of carbonyl (C=O) groups excluding carboxylic acids is 1. The van der Waals surface area contributed by atoms with Crippen molar-refractivity contribution in [1.29, 1.82) is 0 Å². The number of benzene rings is 1. The number of furan rings is 1. The first-order valence-corrected chi connectivity index (χ1v) is 13.3. The van der Waals surface area contributed by atoms with Gasteiger partial charge in [0.25, 0.3) is 0 Å². The molecule has 1 aliphatic carbocycles. The number of nitrogens with zero attached hydrogens (tertiary/aromatic N) is 3. The second kappa shape index (κ2) is 10.2. The van der Waals surface area contributed by atoms with Gasteiger partial charge in [-0.2, -0.15) is 0 Å². The molecule has 196 valence electrons. The Morgan fingerprint density at radius 1 is 1.21 bits per heavy atom. The van der Waals surface area contributed by atoms with Crippen LogP contribution in [0.15, 0.2) is 45.9 Å². The van der Waals surface area contributed by atoms with Crippen molar-refractivity contribution in [3.05, 3.63) is 64.5 Å². The van der Waals surface area contributed by atoms with Crippen LogP contribution in [-0.2, 0) is 6.54 Å². The summed E-state index contributed by atoms with van der Waals surface area (Å²) in [6.07, 6.45) is 9.19. The van der Waals surface area contributed by atoms with Crippen LogP contribution in [0.5, 0.6) is 5.75 Å². The number of Topliss-reactive ketones (excluding diaryl/α,β-unsaturated/α-hetero) is 1. The van der Waals surface area contributed by atoms with Crippen LogP contribution >= 0.6 is 0 Å². The van der Waals surface area contributed by atoms with E-state index < -0.39 is 0 Å². The number of fused-ring (bicyclic) bond motifs is 1. The lowest BCUT2D eigenvalue weighted by Gasteiger charge is -2.29. The van der Waals surface area contributed by atoms with Crippen molar-refractivity contribution >= 4 is 41.0 Å². The zero-order valence-corrected chi connectivity index (χ0v) is 21.5. The van der Waals surface area contributed by atoms with Crippen LogP contribution in [0.25, 0.3) is 11.6 Å². The average Bonchev–Trinajstić information content (AvgIpc) is 3.42. The number of piperidine rings is 1. The van der Waals surface area contributed by atoms with Crippen LogP contribution in [0, 0.1) is 12.8 Å².